The van der Waals surface area contributed by atoms with E-state index in [1.54, 1.807) is 0 Å². The minimum Gasteiger partial charge on any atom is -0.389 e. The van der Waals surface area contributed by atoms with E-state index in [0.717, 1.165) is 25.7 Å². The monoisotopic (exact) mass is 254 g/mol. The molecule has 6 heteroatoms. The van der Waals surface area contributed by atoms with Crippen molar-refractivity contribution in [3.8, 4) is 0 Å². The number of nitrogens with two attached hydrogens (primary N) is 2. The average Bonchev–Trinajstić information content (AvgIpc) is 2.26. The number of rotatable bonds is 3. The molecular weight excluding hydrogens is 236 g/mol. The van der Waals surface area contributed by atoms with Gasteiger partial charge in [0.1, 0.15) is 11.6 Å². The van der Waals surface area contributed by atoms with Crippen molar-refractivity contribution >= 4 is 23.4 Å². The van der Waals surface area contributed by atoms with Crippen LogP contribution in [0.15, 0.2) is 11.2 Å². The first-order valence-electron chi connectivity index (χ1n) is 5.83. The summed E-state index contributed by atoms with van der Waals surface area (Å²) in [5, 5.41) is 10.9. The van der Waals surface area contributed by atoms with Crippen molar-refractivity contribution in [3.63, 3.8) is 0 Å². The highest BCUT2D eigenvalue weighted by atomic mass is 32.2. The summed E-state index contributed by atoms with van der Waals surface area (Å²) in [5.41, 5.74) is 10.6. The molecule has 0 bridgehead atoms. The maximum atomic E-state index is 10.3. The second-order valence-corrected chi connectivity index (χ2v) is 5.52. The van der Waals surface area contributed by atoms with Gasteiger partial charge in [0.15, 0.2) is 5.16 Å². The van der Waals surface area contributed by atoms with E-state index in [-0.39, 0.29) is 0 Å². The van der Waals surface area contributed by atoms with Crippen LogP contribution >= 0.6 is 11.8 Å². The van der Waals surface area contributed by atoms with Gasteiger partial charge in [0.25, 0.3) is 0 Å². The number of aliphatic hydroxyl groups is 1. The molecule has 1 fully saturated rings. The Kier molecular flexibility index (Phi) is 3.73. The van der Waals surface area contributed by atoms with E-state index in [4.69, 9.17) is 11.5 Å². The highest BCUT2D eigenvalue weighted by Gasteiger charge is 2.29. The number of anilines is 2. The van der Waals surface area contributed by atoms with Crippen molar-refractivity contribution < 1.29 is 5.11 Å². The molecule has 0 radical (unpaired) electrons. The van der Waals surface area contributed by atoms with Gasteiger partial charge in [-0.1, -0.05) is 31.0 Å². The Labute approximate surface area is 105 Å². The number of hydrogen-bond donors (Lipinski definition) is 3. The summed E-state index contributed by atoms with van der Waals surface area (Å²) in [4.78, 5) is 8.18. The number of hydrogen-bond acceptors (Lipinski definition) is 6. The highest BCUT2D eigenvalue weighted by Crippen LogP contribution is 2.32. The molecule has 1 aliphatic rings. The predicted octanol–water partition coefficient (Wildman–Crippen LogP) is 1.43. The van der Waals surface area contributed by atoms with Crippen LogP contribution in [0.2, 0.25) is 0 Å². The Hall–Kier alpha value is -1.01. The van der Waals surface area contributed by atoms with E-state index in [1.807, 2.05) is 0 Å². The van der Waals surface area contributed by atoms with E-state index in [2.05, 4.69) is 9.97 Å². The Morgan fingerprint density at radius 3 is 2.35 bits per heavy atom. The zero-order valence-corrected chi connectivity index (χ0v) is 10.5. The van der Waals surface area contributed by atoms with Crippen LogP contribution in [-0.2, 0) is 0 Å². The third-order valence-corrected chi connectivity index (χ3v) is 4.12. The van der Waals surface area contributed by atoms with Gasteiger partial charge in [-0.2, -0.15) is 0 Å². The number of thioether (sulfide) groups is 1. The fourth-order valence-electron chi connectivity index (χ4n) is 2.08. The van der Waals surface area contributed by atoms with Crippen LogP contribution < -0.4 is 11.5 Å². The number of nitrogens with zero attached hydrogens (tertiary/aromatic N) is 2. The first-order chi connectivity index (χ1) is 8.07. The van der Waals surface area contributed by atoms with Gasteiger partial charge < -0.3 is 16.6 Å². The zero-order chi connectivity index (χ0) is 12.3. The standard InChI is InChI=1S/C11H18N4OS/c12-8-6-9(13)15-10(14-8)17-7-11(16)4-2-1-3-5-11/h6,16H,1-5,7H2,(H4,12,13,14,15). The molecule has 5 nitrogen and oxygen atoms in total. The van der Waals surface area contributed by atoms with Crippen molar-refractivity contribution in [2.24, 2.45) is 0 Å². The first kappa shape index (κ1) is 12.4. The molecule has 5 N–H and O–H groups in total. The van der Waals surface area contributed by atoms with Gasteiger partial charge in [-0.25, -0.2) is 9.97 Å². The van der Waals surface area contributed by atoms with E-state index in [0.29, 0.717) is 22.5 Å². The highest BCUT2D eigenvalue weighted by molar-refractivity contribution is 7.99. The molecular formula is C11H18N4OS. The number of aromatic nitrogens is 2. The Morgan fingerprint density at radius 1 is 1.18 bits per heavy atom. The third kappa shape index (κ3) is 3.47. The molecule has 0 unspecified atom stereocenters. The summed E-state index contributed by atoms with van der Waals surface area (Å²) in [7, 11) is 0. The second-order valence-electron chi connectivity index (χ2n) is 4.57. The van der Waals surface area contributed by atoms with Crippen LogP contribution in [0, 0.1) is 0 Å². The van der Waals surface area contributed by atoms with Crippen LogP contribution in [0.4, 0.5) is 11.6 Å². The topological polar surface area (TPSA) is 98.1 Å². The van der Waals surface area contributed by atoms with Crippen molar-refractivity contribution in [1.82, 2.24) is 9.97 Å². The molecule has 0 aliphatic heterocycles. The minimum atomic E-state index is -0.578. The molecule has 1 saturated carbocycles. The Balaban J connectivity index is 1.96. The summed E-state index contributed by atoms with van der Waals surface area (Å²) in [6.07, 6.45) is 5.12. The molecule has 1 aromatic heterocycles. The van der Waals surface area contributed by atoms with E-state index in [9.17, 15) is 5.11 Å². The molecule has 2 rings (SSSR count). The van der Waals surface area contributed by atoms with Crippen LogP contribution in [0.1, 0.15) is 32.1 Å². The quantitative estimate of drug-likeness (QED) is 0.557. The van der Waals surface area contributed by atoms with Gasteiger partial charge >= 0.3 is 0 Å². The molecule has 94 valence electrons. The van der Waals surface area contributed by atoms with E-state index in [1.165, 1.54) is 24.2 Å². The van der Waals surface area contributed by atoms with Gasteiger partial charge in [-0.15, -0.1) is 0 Å². The Bertz CT molecular complexity index is 373. The van der Waals surface area contributed by atoms with Crippen LogP contribution in [0.5, 0.6) is 0 Å². The van der Waals surface area contributed by atoms with Crippen LogP contribution in [0.3, 0.4) is 0 Å². The largest absolute Gasteiger partial charge is 0.389 e. The SMILES string of the molecule is Nc1cc(N)nc(SCC2(O)CCCCC2)n1. The van der Waals surface area contributed by atoms with Gasteiger partial charge in [0, 0.05) is 11.8 Å². The molecule has 1 aliphatic carbocycles. The van der Waals surface area contributed by atoms with Gasteiger partial charge in [0.2, 0.25) is 0 Å². The number of nitrogen functional groups attached to an aromatic ring is 2. The van der Waals surface area contributed by atoms with Gasteiger partial charge in [0.05, 0.1) is 5.60 Å². The van der Waals surface area contributed by atoms with Crippen molar-refractivity contribution in [3.05, 3.63) is 6.07 Å². The Morgan fingerprint density at radius 2 is 1.76 bits per heavy atom. The summed E-state index contributed by atoms with van der Waals surface area (Å²) < 4.78 is 0. The molecule has 17 heavy (non-hydrogen) atoms. The van der Waals surface area contributed by atoms with Crippen molar-refractivity contribution in [1.29, 1.82) is 0 Å². The predicted molar refractivity (Wildman–Crippen MR) is 69.6 cm³/mol. The fourth-order valence-corrected chi connectivity index (χ4v) is 3.11. The first-order valence-corrected chi connectivity index (χ1v) is 6.81. The lowest BCUT2D eigenvalue weighted by molar-refractivity contribution is 0.0272. The summed E-state index contributed by atoms with van der Waals surface area (Å²) >= 11 is 1.42. The van der Waals surface area contributed by atoms with Gasteiger partial charge in [-0.3, -0.25) is 0 Å². The maximum absolute atomic E-state index is 10.3. The maximum Gasteiger partial charge on any atom is 0.191 e. The minimum absolute atomic E-state index is 0.371. The molecule has 1 heterocycles. The van der Waals surface area contributed by atoms with E-state index >= 15 is 0 Å². The van der Waals surface area contributed by atoms with Crippen LogP contribution in [0.25, 0.3) is 0 Å². The molecule has 0 aromatic carbocycles. The smallest absolute Gasteiger partial charge is 0.191 e. The summed E-state index contributed by atoms with van der Waals surface area (Å²) in [6, 6.07) is 1.53. The van der Waals surface area contributed by atoms with Crippen molar-refractivity contribution in [2.75, 3.05) is 17.2 Å². The normalized spacial score (nSPS) is 19.1. The van der Waals surface area contributed by atoms with Gasteiger partial charge in [-0.05, 0) is 12.8 Å². The molecule has 1 aromatic rings. The van der Waals surface area contributed by atoms with Crippen molar-refractivity contribution in [2.45, 2.75) is 42.9 Å². The molecule has 0 saturated heterocycles. The molecule has 0 amide bonds. The molecule has 0 atom stereocenters. The lowest BCUT2D eigenvalue weighted by Crippen LogP contribution is -2.34. The molecule has 0 spiro atoms. The summed E-state index contributed by atoms with van der Waals surface area (Å²) in [6.45, 7) is 0. The fraction of sp³-hybridized carbons (Fsp3) is 0.636. The second kappa shape index (κ2) is 5.10. The zero-order valence-electron chi connectivity index (χ0n) is 9.72. The lowest BCUT2D eigenvalue weighted by Gasteiger charge is -2.31. The summed E-state index contributed by atoms with van der Waals surface area (Å²) in [5.74, 6) is 1.35. The third-order valence-electron chi connectivity index (χ3n) is 3.00. The van der Waals surface area contributed by atoms with Crippen LogP contribution in [-0.4, -0.2) is 26.4 Å². The lowest BCUT2D eigenvalue weighted by atomic mass is 9.86. The average molecular weight is 254 g/mol. The van der Waals surface area contributed by atoms with E-state index < -0.39 is 5.60 Å².